The molecule has 0 radical (unpaired) electrons. The van der Waals surface area contributed by atoms with Gasteiger partial charge in [0.25, 0.3) is 0 Å². The minimum atomic E-state index is -4.73. The van der Waals surface area contributed by atoms with Crippen LogP contribution in [0.1, 0.15) is 105 Å². The van der Waals surface area contributed by atoms with Gasteiger partial charge in [-0.25, -0.2) is 19.6 Å². The number of alkyl carbamates (subject to hydrolysis) is 2. The van der Waals surface area contributed by atoms with Crippen LogP contribution in [0.4, 0.5) is 22.8 Å². The third kappa shape index (κ3) is 9.63. The number of alkyl halides is 3. The maximum Gasteiger partial charge on any atom is 0.417 e. The first-order chi connectivity index (χ1) is 26.6. The molecular weight excluding hydrogens is 733 g/mol. The Labute approximate surface area is 322 Å². The Morgan fingerprint density at radius 2 is 1.23 bits per heavy atom. The molecule has 5 rings (SSSR count). The number of nitrogens with one attached hydrogen (secondary N) is 4. The molecule has 0 bridgehead atoms. The Hall–Kier alpha value is -5.97. The summed E-state index contributed by atoms with van der Waals surface area (Å²) in [4.78, 5) is 68.8. The van der Waals surface area contributed by atoms with Crippen molar-refractivity contribution in [3.8, 4) is 23.7 Å². The zero-order valence-corrected chi connectivity index (χ0v) is 32.0. The van der Waals surface area contributed by atoms with E-state index in [1.807, 2.05) is 27.7 Å². The minimum Gasteiger partial charge on any atom is -0.453 e. The zero-order valence-electron chi connectivity index (χ0n) is 32.0. The van der Waals surface area contributed by atoms with Gasteiger partial charge < -0.3 is 39.9 Å². The van der Waals surface area contributed by atoms with E-state index >= 15 is 0 Å². The van der Waals surface area contributed by atoms with E-state index in [1.54, 1.807) is 9.80 Å². The lowest BCUT2D eigenvalue weighted by molar-refractivity contribution is -0.138. The summed E-state index contributed by atoms with van der Waals surface area (Å²) in [5.74, 6) is 10.9. The fourth-order valence-electron chi connectivity index (χ4n) is 6.76. The SMILES string of the molecule is COC(=O)N[C@H](C(=O)N1CCC[C@H]1c1ncc(C#Cc2ccc(C#Cc3cnc([C@@H]4CCCN4C(=O)[C@@H](NC(=O)OC)C(C)C)[nH]3)c(C(F)(F)F)c2)[nH]1)C(C)C. The summed E-state index contributed by atoms with van der Waals surface area (Å²) in [6.07, 6.45) is -0.649. The summed E-state index contributed by atoms with van der Waals surface area (Å²) in [6, 6.07) is 1.18. The number of nitrogens with zero attached hydrogens (tertiary/aromatic N) is 4. The van der Waals surface area contributed by atoms with Crippen molar-refractivity contribution in [2.75, 3.05) is 27.3 Å². The lowest BCUT2D eigenvalue weighted by Crippen LogP contribution is -2.51. The fourth-order valence-corrected chi connectivity index (χ4v) is 6.76. The largest absolute Gasteiger partial charge is 0.453 e. The maximum absolute atomic E-state index is 14.3. The standard InChI is InChI=1S/C39H45F3N8O6/c1-22(2)31(47-37(53)55-5)35(51)49-17-7-9-29(49)33-43-20-26(45-33)15-12-24-11-13-25(28(19-24)39(40,41)42)14-16-27-21-44-34(46-27)30-10-8-18-50(30)36(52)32(23(3)4)48-38(54)56-6/h11,13,19-23,29-32H,7-10,17-18H2,1-6H3,(H,43,45)(H,44,46)(H,47,53)(H,48,54)/t29-,30-,31-,32-/m0/s1. The number of hydrogen-bond donors (Lipinski definition) is 4. The summed E-state index contributed by atoms with van der Waals surface area (Å²) in [5, 5.41) is 5.19. The van der Waals surface area contributed by atoms with Crippen molar-refractivity contribution in [2.24, 2.45) is 11.8 Å². The summed E-state index contributed by atoms with van der Waals surface area (Å²) >= 11 is 0. The van der Waals surface area contributed by atoms with Crippen LogP contribution < -0.4 is 10.6 Å². The van der Waals surface area contributed by atoms with Gasteiger partial charge in [-0.2, -0.15) is 13.2 Å². The van der Waals surface area contributed by atoms with Crippen molar-refractivity contribution in [1.29, 1.82) is 0 Å². The highest BCUT2D eigenvalue weighted by Gasteiger charge is 2.39. The molecule has 2 saturated heterocycles. The molecule has 0 saturated carbocycles. The molecule has 0 aliphatic carbocycles. The molecule has 4 atom stereocenters. The topological polar surface area (TPSA) is 175 Å². The summed E-state index contributed by atoms with van der Waals surface area (Å²) in [7, 11) is 2.44. The number of hydrogen-bond acceptors (Lipinski definition) is 8. The summed E-state index contributed by atoms with van der Waals surface area (Å²) in [6.45, 7) is 8.16. The Balaban J connectivity index is 1.30. The Morgan fingerprint density at radius 1 is 0.768 bits per heavy atom. The van der Waals surface area contributed by atoms with Gasteiger partial charge in [0.05, 0.1) is 44.3 Å². The molecule has 17 heteroatoms. The van der Waals surface area contributed by atoms with Gasteiger partial charge in [0.2, 0.25) is 11.8 Å². The minimum absolute atomic E-state index is 0.0987. The van der Waals surface area contributed by atoms with Crippen molar-refractivity contribution >= 4 is 24.0 Å². The third-order valence-corrected chi connectivity index (χ3v) is 9.68. The number of aromatic amines is 2. The molecule has 0 unspecified atom stereocenters. The van der Waals surface area contributed by atoms with E-state index in [0.29, 0.717) is 49.7 Å². The highest BCUT2D eigenvalue weighted by atomic mass is 19.4. The Morgan fingerprint density at radius 3 is 1.66 bits per heavy atom. The molecular formula is C39H45F3N8O6. The first-order valence-electron chi connectivity index (χ1n) is 18.3. The number of likely N-dealkylation sites (tertiary alicyclic amines) is 2. The average molecular weight is 779 g/mol. The second-order valence-electron chi connectivity index (χ2n) is 14.2. The van der Waals surface area contributed by atoms with Gasteiger partial charge in [-0.15, -0.1) is 0 Å². The van der Waals surface area contributed by atoms with Crippen LogP contribution in [-0.2, 0) is 25.2 Å². The van der Waals surface area contributed by atoms with E-state index in [1.165, 1.54) is 38.7 Å². The van der Waals surface area contributed by atoms with Crippen LogP contribution in [0.3, 0.4) is 0 Å². The second kappa shape index (κ2) is 17.7. The lowest BCUT2D eigenvalue weighted by atomic mass is 10.0. The molecule has 4 heterocycles. The van der Waals surface area contributed by atoms with Gasteiger partial charge in [-0.05, 0) is 67.6 Å². The van der Waals surface area contributed by atoms with Crippen LogP contribution in [0.2, 0.25) is 0 Å². The van der Waals surface area contributed by atoms with Gasteiger partial charge >= 0.3 is 18.4 Å². The molecule has 298 valence electrons. The maximum atomic E-state index is 14.3. The number of methoxy groups -OCH3 is 2. The molecule has 2 aromatic heterocycles. The summed E-state index contributed by atoms with van der Waals surface area (Å²) in [5.41, 5.74) is -0.515. The van der Waals surface area contributed by atoms with Crippen LogP contribution in [0, 0.1) is 35.5 Å². The smallest absolute Gasteiger partial charge is 0.417 e. The number of halogens is 3. The number of rotatable bonds is 8. The first-order valence-corrected chi connectivity index (χ1v) is 18.3. The number of benzene rings is 1. The van der Waals surface area contributed by atoms with Crippen molar-refractivity contribution in [2.45, 2.75) is 83.7 Å². The van der Waals surface area contributed by atoms with Crippen LogP contribution in [0.25, 0.3) is 0 Å². The number of H-pyrrole nitrogens is 2. The average Bonchev–Trinajstić information content (AvgIpc) is 4.00. The molecule has 2 fully saturated rings. The van der Waals surface area contributed by atoms with Crippen molar-refractivity contribution in [3.63, 3.8) is 0 Å². The van der Waals surface area contributed by atoms with Crippen LogP contribution in [0.15, 0.2) is 30.6 Å². The van der Waals surface area contributed by atoms with Gasteiger partial charge in [-0.1, -0.05) is 39.5 Å². The molecule has 4 N–H and O–H groups in total. The van der Waals surface area contributed by atoms with Crippen LogP contribution in [-0.4, -0.2) is 93.1 Å². The van der Waals surface area contributed by atoms with E-state index in [0.717, 1.165) is 12.5 Å². The van der Waals surface area contributed by atoms with E-state index in [2.05, 4.69) is 63.7 Å². The van der Waals surface area contributed by atoms with Crippen LogP contribution >= 0.6 is 0 Å². The van der Waals surface area contributed by atoms with E-state index < -0.39 is 48.1 Å². The van der Waals surface area contributed by atoms with E-state index in [4.69, 9.17) is 0 Å². The summed E-state index contributed by atoms with van der Waals surface area (Å²) < 4.78 is 52.1. The molecule has 0 spiro atoms. The highest BCUT2D eigenvalue weighted by Crippen LogP contribution is 2.34. The number of imidazole rings is 2. The number of carbonyl (C=O) groups excluding carboxylic acids is 4. The predicted octanol–water partition coefficient (Wildman–Crippen LogP) is 5.04. The van der Waals surface area contributed by atoms with Crippen molar-refractivity contribution < 1.29 is 41.8 Å². The Bertz CT molecular complexity index is 2050. The normalized spacial score (nSPS) is 17.8. The molecule has 3 aromatic rings. The molecule has 1 aromatic carbocycles. The van der Waals surface area contributed by atoms with Crippen molar-refractivity contribution in [3.05, 3.63) is 70.3 Å². The van der Waals surface area contributed by atoms with E-state index in [9.17, 15) is 32.3 Å². The first kappa shape index (κ1) is 41.2. The zero-order chi connectivity index (χ0) is 40.7. The van der Waals surface area contributed by atoms with Gasteiger partial charge in [-0.3, -0.25) is 9.59 Å². The van der Waals surface area contributed by atoms with Gasteiger partial charge in [0.15, 0.2) is 0 Å². The number of ether oxygens (including phenoxy) is 2. The molecule has 4 amide bonds. The molecule has 56 heavy (non-hydrogen) atoms. The van der Waals surface area contributed by atoms with E-state index in [-0.39, 0.29) is 40.5 Å². The Kier molecular flexibility index (Phi) is 13.0. The molecule has 2 aliphatic rings. The lowest BCUT2D eigenvalue weighted by Gasteiger charge is -2.29. The quantitative estimate of drug-likeness (QED) is 0.230. The number of carbonyl (C=O) groups is 4. The van der Waals surface area contributed by atoms with Crippen LogP contribution in [0.5, 0.6) is 0 Å². The van der Waals surface area contributed by atoms with Gasteiger partial charge in [0, 0.05) is 24.2 Å². The molecule has 14 nitrogen and oxygen atoms in total. The van der Waals surface area contributed by atoms with Crippen molar-refractivity contribution in [1.82, 2.24) is 40.4 Å². The molecule has 2 aliphatic heterocycles. The predicted molar refractivity (Wildman–Crippen MR) is 196 cm³/mol. The third-order valence-electron chi connectivity index (χ3n) is 9.68. The fraction of sp³-hybridized carbons (Fsp3) is 0.487. The second-order valence-corrected chi connectivity index (χ2v) is 14.2. The number of aromatic nitrogens is 4. The monoisotopic (exact) mass is 778 g/mol. The number of amides is 4. The highest BCUT2D eigenvalue weighted by molar-refractivity contribution is 5.87. The van der Waals surface area contributed by atoms with Gasteiger partial charge in [0.1, 0.15) is 35.1 Å².